The number of esters is 1. The predicted octanol–water partition coefficient (Wildman–Crippen LogP) is 2.96. The third kappa shape index (κ3) is 2.84. The lowest BCUT2D eigenvalue weighted by molar-refractivity contribution is -0.159. The van der Waals surface area contributed by atoms with Crippen molar-refractivity contribution in [2.75, 3.05) is 0 Å². The molecular weight excluding hydrogens is 200 g/mol. The van der Waals surface area contributed by atoms with E-state index in [0.29, 0.717) is 0 Å². The minimum Gasteiger partial charge on any atom is -0.462 e. The number of cyclic esters (lactones) is 1. The van der Waals surface area contributed by atoms with Gasteiger partial charge in [0.2, 0.25) is 0 Å². The van der Waals surface area contributed by atoms with E-state index in [4.69, 9.17) is 4.74 Å². The van der Waals surface area contributed by atoms with E-state index in [1.807, 2.05) is 25.1 Å². The summed E-state index contributed by atoms with van der Waals surface area (Å²) in [6, 6.07) is 10.3. The molecule has 1 aromatic carbocycles. The molecule has 0 N–H and O–H groups in total. The Morgan fingerprint density at radius 2 is 2.00 bits per heavy atom. The number of carbonyl (C=O) groups is 1. The van der Waals surface area contributed by atoms with Crippen LogP contribution in [0.25, 0.3) is 0 Å². The Bertz CT molecular complexity index is 345. The summed E-state index contributed by atoms with van der Waals surface area (Å²) < 4.78 is 5.38. The average molecular weight is 218 g/mol. The van der Waals surface area contributed by atoms with Crippen LogP contribution in [-0.2, 0) is 16.0 Å². The fourth-order valence-corrected chi connectivity index (χ4v) is 2.07. The van der Waals surface area contributed by atoms with Gasteiger partial charge in [-0.05, 0) is 31.2 Å². The van der Waals surface area contributed by atoms with E-state index in [9.17, 15) is 4.79 Å². The Balaban J connectivity index is 1.81. The second-order valence-corrected chi connectivity index (χ2v) is 4.56. The van der Waals surface area contributed by atoms with Crippen LogP contribution in [0, 0.1) is 5.92 Å². The van der Waals surface area contributed by atoms with E-state index in [1.165, 1.54) is 5.56 Å². The quantitative estimate of drug-likeness (QED) is 0.729. The van der Waals surface area contributed by atoms with Crippen molar-refractivity contribution < 1.29 is 9.53 Å². The number of hydrogen-bond acceptors (Lipinski definition) is 2. The average Bonchev–Trinajstić information content (AvgIpc) is 2.32. The van der Waals surface area contributed by atoms with Gasteiger partial charge in [0.1, 0.15) is 6.10 Å². The molecule has 0 bridgehead atoms. The highest BCUT2D eigenvalue weighted by Crippen LogP contribution is 2.22. The molecule has 2 atom stereocenters. The monoisotopic (exact) mass is 218 g/mol. The highest BCUT2D eigenvalue weighted by molar-refractivity contribution is 5.72. The molecule has 0 spiro atoms. The summed E-state index contributed by atoms with van der Waals surface area (Å²) in [7, 11) is 0. The Kier molecular flexibility index (Phi) is 3.60. The summed E-state index contributed by atoms with van der Waals surface area (Å²) in [5.41, 5.74) is 1.32. The van der Waals surface area contributed by atoms with E-state index in [2.05, 4.69) is 12.1 Å². The van der Waals surface area contributed by atoms with Crippen LogP contribution in [0.2, 0.25) is 0 Å². The number of ether oxygens (including phenoxy) is 1. The highest BCUT2D eigenvalue weighted by Gasteiger charge is 2.26. The van der Waals surface area contributed by atoms with Gasteiger partial charge in [-0.15, -0.1) is 0 Å². The van der Waals surface area contributed by atoms with Crippen molar-refractivity contribution in [1.29, 1.82) is 0 Å². The second kappa shape index (κ2) is 5.15. The van der Waals surface area contributed by atoms with Crippen LogP contribution in [0.5, 0.6) is 0 Å². The lowest BCUT2D eigenvalue weighted by atomic mass is 9.96. The molecule has 1 heterocycles. The Hall–Kier alpha value is -1.31. The molecule has 2 heteroatoms. The summed E-state index contributed by atoms with van der Waals surface area (Å²) in [6.07, 6.45) is 4.05. The van der Waals surface area contributed by atoms with Gasteiger partial charge in [0.25, 0.3) is 0 Å². The first-order valence-corrected chi connectivity index (χ1v) is 6.00. The molecule has 2 nitrogen and oxygen atoms in total. The summed E-state index contributed by atoms with van der Waals surface area (Å²) in [4.78, 5) is 11.4. The molecule has 0 aromatic heterocycles. The number of carbonyl (C=O) groups excluding carboxylic acids is 1. The fraction of sp³-hybridized carbons (Fsp3) is 0.500. The Morgan fingerprint density at radius 3 is 2.69 bits per heavy atom. The topological polar surface area (TPSA) is 26.3 Å². The molecule has 1 aliphatic rings. The van der Waals surface area contributed by atoms with Gasteiger partial charge in [-0.2, -0.15) is 0 Å². The largest absolute Gasteiger partial charge is 0.462 e. The molecule has 1 fully saturated rings. The SMILES string of the molecule is C[C@@H]1CC[C@@H](CCc2ccccc2)OC1=O. The van der Waals surface area contributed by atoms with Crippen molar-refractivity contribution in [2.45, 2.75) is 38.7 Å². The molecule has 16 heavy (non-hydrogen) atoms. The van der Waals surface area contributed by atoms with Crippen molar-refractivity contribution in [2.24, 2.45) is 5.92 Å². The Morgan fingerprint density at radius 1 is 1.25 bits per heavy atom. The summed E-state index contributed by atoms with van der Waals surface area (Å²) in [5.74, 6) is 0.0669. The first kappa shape index (κ1) is 11.2. The number of aryl methyl sites for hydroxylation is 1. The minimum absolute atomic E-state index is 0.0238. The van der Waals surface area contributed by atoms with Gasteiger partial charge < -0.3 is 4.74 Å². The number of rotatable bonds is 3. The van der Waals surface area contributed by atoms with Gasteiger partial charge in [-0.3, -0.25) is 4.79 Å². The molecule has 1 saturated heterocycles. The van der Waals surface area contributed by atoms with Crippen molar-refractivity contribution in [3.8, 4) is 0 Å². The first-order valence-electron chi connectivity index (χ1n) is 6.00. The molecule has 1 aliphatic heterocycles. The van der Waals surface area contributed by atoms with Gasteiger partial charge in [-0.1, -0.05) is 37.3 Å². The summed E-state index contributed by atoms with van der Waals surface area (Å²) in [6.45, 7) is 1.94. The van der Waals surface area contributed by atoms with Gasteiger partial charge in [0.15, 0.2) is 0 Å². The zero-order valence-electron chi connectivity index (χ0n) is 9.69. The van der Waals surface area contributed by atoms with E-state index >= 15 is 0 Å². The van der Waals surface area contributed by atoms with Crippen LogP contribution < -0.4 is 0 Å². The lowest BCUT2D eigenvalue weighted by Crippen LogP contribution is -2.29. The van der Waals surface area contributed by atoms with E-state index < -0.39 is 0 Å². The fourth-order valence-electron chi connectivity index (χ4n) is 2.07. The maximum absolute atomic E-state index is 11.4. The molecule has 1 aromatic rings. The molecule has 0 unspecified atom stereocenters. The third-order valence-corrected chi connectivity index (χ3v) is 3.20. The minimum atomic E-state index is -0.0238. The molecule has 0 radical (unpaired) electrons. The van der Waals surface area contributed by atoms with E-state index in [1.54, 1.807) is 0 Å². The summed E-state index contributed by atoms with van der Waals surface area (Å²) in [5, 5.41) is 0. The smallest absolute Gasteiger partial charge is 0.308 e. The van der Waals surface area contributed by atoms with Crippen molar-refractivity contribution in [1.82, 2.24) is 0 Å². The molecule has 2 rings (SSSR count). The van der Waals surface area contributed by atoms with Gasteiger partial charge in [0, 0.05) is 0 Å². The molecule has 0 aliphatic carbocycles. The van der Waals surface area contributed by atoms with Crippen LogP contribution in [0.3, 0.4) is 0 Å². The molecule has 86 valence electrons. The summed E-state index contributed by atoms with van der Waals surface area (Å²) >= 11 is 0. The van der Waals surface area contributed by atoms with E-state index in [0.717, 1.165) is 25.7 Å². The first-order chi connectivity index (χ1) is 7.75. The van der Waals surface area contributed by atoms with Crippen LogP contribution in [0.1, 0.15) is 31.7 Å². The van der Waals surface area contributed by atoms with Crippen LogP contribution in [0.15, 0.2) is 30.3 Å². The zero-order chi connectivity index (χ0) is 11.4. The van der Waals surface area contributed by atoms with Crippen molar-refractivity contribution >= 4 is 5.97 Å². The highest BCUT2D eigenvalue weighted by atomic mass is 16.5. The number of hydrogen-bond donors (Lipinski definition) is 0. The standard InChI is InChI=1S/C14H18O2/c1-11-7-9-13(16-14(11)15)10-8-12-5-3-2-4-6-12/h2-6,11,13H,7-10H2,1H3/t11-,13+/m1/s1. The van der Waals surface area contributed by atoms with E-state index in [-0.39, 0.29) is 18.0 Å². The second-order valence-electron chi connectivity index (χ2n) is 4.56. The van der Waals surface area contributed by atoms with Crippen LogP contribution in [0.4, 0.5) is 0 Å². The molecule has 0 saturated carbocycles. The van der Waals surface area contributed by atoms with Crippen molar-refractivity contribution in [3.05, 3.63) is 35.9 Å². The van der Waals surface area contributed by atoms with Crippen LogP contribution >= 0.6 is 0 Å². The van der Waals surface area contributed by atoms with Crippen molar-refractivity contribution in [3.63, 3.8) is 0 Å². The Labute approximate surface area is 96.6 Å². The number of benzene rings is 1. The maximum Gasteiger partial charge on any atom is 0.308 e. The molecular formula is C14H18O2. The van der Waals surface area contributed by atoms with Gasteiger partial charge in [0.05, 0.1) is 5.92 Å². The predicted molar refractivity (Wildman–Crippen MR) is 63.0 cm³/mol. The zero-order valence-corrected chi connectivity index (χ0v) is 9.69. The van der Waals surface area contributed by atoms with Gasteiger partial charge in [-0.25, -0.2) is 0 Å². The van der Waals surface area contributed by atoms with Gasteiger partial charge >= 0.3 is 5.97 Å². The lowest BCUT2D eigenvalue weighted by Gasteiger charge is -2.26. The van der Waals surface area contributed by atoms with Crippen LogP contribution in [-0.4, -0.2) is 12.1 Å². The normalized spacial score (nSPS) is 25.2. The maximum atomic E-state index is 11.4. The third-order valence-electron chi connectivity index (χ3n) is 3.20. The molecule has 0 amide bonds.